The monoisotopic (exact) mass is 259 g/mol. The zero-order chi connectivity index (χ0) is 12.9. The highest BCUT2D eigenvalue weighted by Crippen LogP contribution is 2.24. The minimum atomic E-state index is -0.670. The predicted molar refractivity (Wildman–Crippen MR) is 69.4 cm³/mol. The molecule has 0 unspecified atom stereocenters. The normalized spacial score (nSPS) is 12.0. The van der Waals surface area contributed by atoms with Crippen LogP contribution in [0.4, 0.5) is 0 Å². The molecule has 17 heavy (non-hydrogen) atoms. The lowest BCUT2D eigenvalue weighted by Gasteiger charge is -2.24. The van der Waals surface area contributed by atoms with Gasteiger partial charge in [-0.15, -0.1) is 5.10 Å². The van der Waals surface area contributed by atoms with Crippen molar-refractivity contribution in [2.24, 2.45) is 0 Å². The number of nitrogens with one attached hydrogen (secondary N) is 1. The molecule has 1 heterocycles. The number of hydrogen-bond donors (Lipinski definition) is 2. The highest BCUT2D eigenvalue weighted by molar-refractivity contribution is 7.99. The second-order valence-corrected chi connectivity index (χ2v) is 5.13. The van der Waals surface area contributed by atoms with Crippen molar-refractivity contribution in [3.05, 3.63) is 10.5 Å². The molecule has 6 heteroatoms. The van der Waals surface area contributed by atoms with Gasteiger partial charge in [0.2, 0.25) is 0 Å². The molecule has 1 aromatic heterocycles. The van der Waals surface area contributed by atoms with Crippen LogP contribution in [-0.4, -0.2) is 31.2 Å². The van der Waals surface area contributed by atoms with Crippen LogP contribution in [0.15, 0.2) is 9.95 Å². The second kappa shape index (κ2) is 6.26. The maximum absolute atomic E-state index is 11.5. The first kappa shape index (κ1) is 14.3. The average molecular weight is 259 g/mol. The fourth-order valence-electron chi connectivity index (χ4n) is 1.49. The number of nitrogens with zero attached hydrogens (tertiary/aromatic N) is 2. The Morgan fingerprint density at radius 1 is 1.41 bits per heavy atom. The summed E-state index contributed by atoms with van der Waals surface area (Å²) in [4.78, 5) is 11.5. The molecule has 0 aliphatic carbocycles. The smallest absolute Gasteiger partial charge is 0.343 e. The Hall–Kier alpha value is -0.750. The fraction of sp³-hybridized carbons (Fsp3) is 0.818. The highest BCUT2D eigenvalue weighted by Gasteiger charge is 2.23. The van der Waals surface area contributed by atoms with Gasteiger partial charge in [-0.3, -0.25) is 4.57 Å². The number of aromatic nitrogens is 3. The van der Waals surface area contributed by atoms with Gasteiger partial charge in [-0.2, -0.15) is 0 Å². The van der Waals surface area contributed by atoms with Crippen LogP contribution in [0.2, 0.25) is 0 Å². The molecule has 0 amide bonds. The van der Waals surface area contributed by atoms with E-state index in [9.17, 15) is 9.90 Å². The minimum Gasteiger partial charge on any atom is -0.389 e. The third-order valence-corrected chi connectivity index (χ3v) is 4.21. The summed E-state index contributed by atoms with van der Waals surface area (Å²) in [5.41, 5.74) is -0.845. The SMILES string of the molecule is CCCn1c(SCC(O)(CC)CC)n[nH]c1=O. The Morgan fingerprint density at radius 3 is 2.59 bits per heavy atom. The van der Waals surface area contributed by atoms with Crippen molar-refractivity contribution in [2.75, 3.05) is 5.75 Å². The van der Waals surface area contributed by atoms with Gasteiger partial charge in [0, 0.05) is 12.3 Å². The lowest BCUT2D eigenvalue weighted by atomic mass is 10.0. The van der Waals surface area contributed by atoms with Crippen LogP contribution in [0.3, 0.4) is 0 Å². The molecule has 0 fully saturated rings. The van der Waals surface area contributed by atoms with Gasteiger partial charge in [0.1, 0.15) is 0 Å². The standard InChI is InChI=1S/C11H21N3O2S/c1-4-7-14-9(15)12-13-10(14)17-8-11(16,5-2)6-3/h16H,4-8H2,1-3H3,(H,12,15). The number of rotatable bonds is 7. The molecule has 2 N–H and O–H groups in total. The van der Waals surface area contributed by atoms with E-state index in [1.807, 2.05) is 20.8 Å². The van der Waals surface area contributed by atoms with Gasteiger partial charge >= 0.3 is 5.69 Å². The second-order valence-electron chi connectivity index (χ2n) is 4.18. The molecular weight excluding hydrogens is 238 g/mol. The highest BCUT2D eigenvalue weighted by atomic mass is 32.2. The van der Waals surface area contributed by atoms with Gasteiger partial charge in [0.05, 0.1) is 5.60 Å². The predicted octanol–water partition coefficient (Wildman–Crippen LogP) is 1.62. The number of H-pyrrole nitrogens is 1. The van der Waals surface area contributed by atoms with Gasteiger partial charge in [0.25, 0.3) is 0 Å². The lowest BCUT2D eigenvalue weighted by Crippen LogP contribution is -2.30. The average Bonchev–Trinajstić information content (AvgIpc) is 2.69. The zero-order valence-corrected chi connectivity index (χ0v) is 11.5. The van der Waals surface area contributed by atoms with Crippen molar-refractivity contribution in [1.82, 2.24) is 14.8 Å². The van der Waals surface area contributed by atoms with E-state index >= 15 is 0 Å². The summed E-state index contributed by atoms with van der Waals surface area (Å²) in [5, 5.41) is 17.3. The molecule has 0 aliphatic rings. The van der Waals surface area contributed by atoms with Crippen LogP contribution in [-0.2, 0) is 6.54 Å². The van der Waals surface area contributed by atoms with E-state index in [1.54, 1.807) is 4.57 Å². The zero-order valence-electron chi connectivity index (χ0n) is 10.7. The number of aromatic amines is 1. The third kappa shape index (κ3) is 3.61. The summed E-state index contributed by atoms with van der Waals surface area (Å²) in [6.45, 7) is 6.61. The third-order valence-electron chi connectivity index (χ3n) is 2.96. The van der Waals surface area contributed by atoms with Crippen molar-refractivity contribution in [1.29, 1.82) is 0 Å². The van der Waals surface area contributed by atoms with Crippen molar-refractivity contribution in [2.45, 2.75) is 57.3 Å². The number of hydrogen-bond acceptors (Lipinski definition) is 4. The first-order chi connectivity index (χ1) is 8.06. The molecule has 5 nitrogen and oxygen atoms in total. The summed E-state index contributed by atoms with van der Waals surface area (Å²) >= 11 is 1.43. The molecule has 0 atom stereocenters. The minimum absolute atomic E-state index is 0.175. The molecule has 0 radical (unpaired) electrons. The van der Waals surface area contributed by atoms with Crippen LogP contribution in [0.25, 0.3) is 0 Å². The Kier molecular flexibility index (Phi) is 5.27. The Morgan fingerprint density at radius 2 is 2.06 bits per heavy atom. The van der Waals surface area contributed by atoms with E-state index < -0.39 is 5.60 Å². The fourth-order valence-corrected chi connectivity index (χ4v) is 2.73. The van der Waals surface area contributed by atoms with Gasteiger partial charge < -0.3 is 5.11 Å². The van der Waals surface area contributed by atoms with Crippen LogP contribution in [0.5, 0.6) is 0 Å². The molecule has 0 aromatic carbocycles. The molecule has 0 aliphatic heterocycles. The van der Waals surface area contributed by atoms with E-state index in [-0.39, 0.29) is 5.69 Å². The van der Waals surface area contributed by atoms with E-state index in [4.69, 9.17) is 0 Å². The lowest BCUT2D eigenvalue weighted by molar-refractivity contribution is 0.0571. The maximum atomic E-state index is 11.5. The van der Waals surface area contributed by atoms with Crippen LogP contribution in [0, 0.1) is 0 Å². The Balaban J connectivity index is 2.72. The first-order valence-electron chi connectivity index (χ1n) is 6.06. The van der Waals surface area contributed by atoms with Crippen molar-refractivity contribution in [3.63, 3.8) is 0 Å². The maximum Gasteiger partial charge on any atom is 0.343 e. The van der Waals surface area contributed by atoms with Gasteiger partial charge in [-0.1, -0.05) is 32.5 Å². The van der Waals surface area contributed by atoms with Crippen molar-refractivity contribution < 1.29 is 5.11 Å². The van der Waals surface area contributed by atoms with Gasteiger partial charge in [0.15, 0.2) is 5.16 Å². The summed E-state index contributed by atoms with van der Waals surface area (Å²) in [5.74, 6) is 0.563. The largest absolute Gasteiger partial charge is 0.389 e. The summed E-state index contributed by atoms with van der Waals surface area (Å²) in [6.07, 6.45) is 2.30. The summed E-state index contributed by atoms with van der Waals surface area (Å²) in [6, 6.07) is 0. The molecule has 1 aromatic rings. The van der Waals surface area contributed by atoms with Crippen LogP contribution >= 0.6 is 11.8 Å². The van der Waals surface area contributed by atoms with Gasteiger partial charge in [-0.05, 0) is 19.3 Å². The molecule has 1 rings (SSSR count). The molecular formula is C11H21N3O2S. The topological polar surface area (TPSA) is 70.9 Å². The number of thioether (sulfide) groups is 1. The van der Waals surface area contributed by atoms with Crippen molar-refractivity contribution in [3.8, 4) is 0 Å². The van der Waals surface area contributed by atoms with Crippen LogP contribution in [0.1, 0.15) is 40.0 Å². The molecule has 0 saturated heterocycles. The van der Waals surface area contributed by atoms with Crippen molar-refractivity contribution >= 4 is 11.8 Å². The van der Waals surface area contributed by atoms with E-state index in [0.29, 0.717) is 30.3 Å². The summed E-state index contributed by atoms with van der Waals surface area (Å²) in [7, 11) is 0. The Labute approximate surface area is 106 Å². The Bertz CT molecular complexity index is 396. The quantitative estimate of drug-likeness (QED) is 0.730. The van der Waals surface area contributed by atoms with Crippen LogP contribution < -0.4 is 5.69 Å². The first-order valence-corrected chi connectivity index (χ1v) is 7.05. The molecule has 0 spiro atoms. The van der Waals surface area contributed by atoms with Gasteiger partial charge in [-0.25, -0.2) is 9.89 Å². The van der Waals surface area contributed by atoms with E-state index in [2.05, 4.69) is 10.2 Å². The summed E-state index contributed by atoms with van der Waals surface area (Å²) < 4.78 is 1.62. The van der Waals surface area contributed by atoms with E-state index in [1.165, 1.54) is 11.8 Å². The number of aliphatic hydroxyl groups is 1. The van der Waals surface area contributed by atoms with E-state index in [0.717, 1.165) is 6.42 Å². The molecule has 0 saturated carbocycles. The molecule has 0 bridgehead atoms. The molecule has 98 valence electrons.